The number of amides is 1. The maximum Gasteiger partial charge on any atom is 0.255 e. The molecule has 0 aliphatic carbocycles. The Kier molecular flexibility index (Phi) is 7.76. The molecule has 0 heterocycles. The van der Waals surface area contributed by atoms with Gasteiger partial charge >= 0.3 is 0 Å². The maximum atomic E-state index is 11.8. The molecule has 0 unspecified atom stereocenters. The lowest BCUT2D eigenvalue weighted by Gasteiger charge is -2.07. The number of carbonyl (C=O) groups excluding carboxylic acids is 1. The van der Waals surface area contributed by atoms with E-state index in [1.807, 2.05) is 0 Å². The predicted molar refractivity (Wildman–Crippen MR) is 80.5 cm³/mol. The van der Waals surface area contributed by atoms with E-state index in [2.05, 4.69) is 27.9 Å². The summed E-state index contributed by atoms with van der Waals surface area (Å²) in [4.78, 5) is 11.8. The minimum atomic E-state index is -0.270. The lowest BCUT2D eigenvalue weighted by Crippen LogP contribution is -2.25. The van der Waals surface area contributed by atoms with Gasteiger partial charge in [-0.25, -0.2) is 0 Å². The number of hydrogen-bond acceptors (Lipinski definition) is 4. The predicted octanol–water partition coefficient (Wildman–Crippen LogP) is 1.78. The molecule has 0 fully saturated rings. The summed E-state index contributed by atoms with van der Waals surface area (Å²) in [6.45, 7) is 2.21. The fraction of sp³-hybridized carbons (Fsp3) is 0.462. The maximum absolute atomic E-state index is 11.8. The van der Waals surface area contributed by atoms with Crippen molar-refractivity contribution < 1.29 is 19.4 Å². The third-order valence-corrected chi connectivity index (χ3v) is 3.06. The van der Waals surface area contributed by atoms with Crippen LogP contribution in [-0.4, -0.2) is 44.5 Å². The number of halogens is 1. The molecular weight excluding hydrogens is 361 g/mol. The van der Waals surface area contributed by atoms with Crippen LogP contribution in [0, 0.1) is 3.57 Å². The van der Waals surface area contributed by atoms with Gasteiger partial charge in [0.25, 0.3) is 5.91 Å². The molecule has 0 saturated carbocycles. The van der Waals surface area contributed by atoms with Gasteiger partial charge in [0, 0.05) is 23.8 Å². The molecular formula is C13H18INO4. The van der Waals surface area contributed by atoms with Crippen molar-refractivity contribution in [1.82, 2.24) is 5.32 Å². The molecule has 1 rings (SSSR count). The Hall–Kier alpha value is -0.860. The number of aromatic hydroxyl groups is 1. The highest BCUT2D eigenvalue weighted by molar-refractivity contribution is 14.1. The number of phenolic OH excluding ortho intramolecular Hbond substituents is 1. The van der Waals surface area contributed by atoms with Gasteiger partial charge in [0.2, 0.25) is 0 Å². The number of hydrogen-bond donors (Lipinski definition) is 2. The molecule has 0 aliphatic rings. The summed E-state index contributed by atoms with van der Waals surface area (Å²) in [5, 5.41) is 12.3. The lowest BCUT2D eigenvalue weighted by atomic mass is 10.2. The van der Waals surface area contributed by atoms with E-state index < -0.39 is 0 Å². The zero-order valence-electron chi connectivity index (χ0n) is 10.8. The minimum absolute atomic E-state index is 0.00531. The van der Waals surface area contributed by atoms with Crippen molar-refractivity contribution in [3.05, 3.63) is 27.3 Å². The first-order chi connectivity index (χ1) is 9.15. The standard InChI is InChI=1S/C13H18INO4/c1-18-7-8-19-6-2-5-15-13(17)11-9-10(14)3-4-12(11)16/h3-4,9,16H,2,5-8H2,1H3,(H,15,17). The number of benzene rings is 1. The first-order valence-corrected chi connectivity index (χ1v) is 7.06. The third kappa shape index (κ3) is 6.22. The van der Waals surface area contributed by atoms with Gasteiger partial charge in [-0.1, -0.05) is 0 Å². The molecule has 6 heteroatoms. The van der Waals surface area contributed by atoms with E-state index in [1.54, 1.807) is 19.2 Å². The monoisotopic (exact) mass is 379 g/mol. The summed E-state index contributed by atoms with van der Waals surface area (Å²) < 4.78 is 11.0. The zero-order chi connectivity index (χ0) is 14.1. The summed E-state index contributed by atoms with van der Waals surface area (Å²) >= 11 is 2.10. The summed E-state index contributed by atoms with van der Waals surface area (Å²) in [7, 11) is 1.62. The fourth-order valence-electron chi connectivity index (χ4n) is 1.41. The second-order valence-corrected chi connectivity index (χ2v) is 5.12. The molecule has 1 aromatic rings. The van der Waals surface area contributed by atoms with Crippen molar-refractivity contribution in [3.8, 4) is 5.75 Å². The van der Waals surface area contributed by atoms with Gasteiger partial charge in [-0.05, 0) is 47.2 Å². The zero-order valence-corrected chi connectivity index (χ0v) is 13.0. The highest BCUT2D eigenvalue weighted by Crippen LogP contribution is 2.19. The number of rotatable bonds is 8. The average molecular weight is 379 g/mol. The summed E-state index contributed by atoms with van der Waals surface area (Å²) in [6, 6.07) is 4.92. The Morgan fingerprint density at radius 1 is 1.37 bits per heavy atom. The molecule has 0 aromatic heterocycles. The topological polar surface area (TPSA) is 67.8 Å². The Labute approximate surface area is 126 Å². The quantitative estimate of drug-likeness (QED) is 0.534. The van der Waals surface area contributed by atoms with E-state index >= 15 is 0 Å². The van der Waals surface area contributed by atoms with Gasteiger partial charge in [-0.2, -0.15) is 0 Å². The molecule has 0 spiro atoms. The van der Waals surface area contributed by atoms with Crippen molar-refractivity contribution in [2.75, 3.05) is 33.5 Å². The van der Waals surface area contributed by atoms with Gasteiger partial charge in [0.1, 0.15) is 5.75 Å². The Morgan fingerprint density at radius 2 is 2.16 bits per heavy atom. The van der Waals surface area contributed by atoms with Crippen LogP contribution in [-0.2, 0) is 9.47 Å². The molecule has 0 radical (unpaired) electrons. The molecule has 19 heavy (non-hydrogen) atoms. The summed E-state index contributed by atoms with van der Waals surface area (Å²) in [5.74, 6) is -0.276. The molecule has 0 saturated heterocycles. The van der Waals surface area contributed by atoms with Crippen molar-refractivity contribution in [2.24, 2.45) is 0 Å². The first kappa shape index (κ1) is 16.2. The van der Waals surface area contributed by atoms with E-state index in [-0.39, 0.29) is 11.7 Å². The Balaban J connectivity index is 2.26. The second kappa shape index (κ2) is 9.11. The highest BCUT2D eigenvalue weighted by Gasteiger charge is 2.10. The number of carbonyl (C=O) groups is 1. The van der Waals surface area contributed by atoms with E-state index in [0.29, 0.717) is 31.9 Å². The number of ether oxygens (including phenoxy) is 2. The van der Waals surface area contributed by atoms with Gasteiger partial charge in [0.05, 0.1) is 18.8 Å². The van der Waals surface area contributed by atoms with Gasteiger partial charge in [0.15, 0.2) is 0 Å². The molecule has 2 N–H and O–H groups in total. The van der Waals surface area contributed by atoms with Gasteiger partial charge < -0.3 is 19.9 Å². The van der Waals surface area contributed by atoms with Crippen molar-refractivity contribution in [2.45, 2.75) is 6.42 Å². The van der Waals surface area contributed by atoms with Crippen LogP contribution in [0.2, 0.25) is 0 Å². The van der Waals surface area contributed by atoms with E-state index in [1.165, 1.54) is 6.07 Å². The van der Waals surface area contributed by atoms with Crippen LogP contribution >= 0.6 is 22.6 Å². The average Bonchev–Trinajstić information content (AvgIpc) is 2.40. The number of nitrogens with one attached hydrogen (secondary N) is 1. The van der Waals surface area contributed by atoms with Crippen LogP contribution in [0.5, 0.6) is 5.75 Å². The molecule has 1 aromatic carbocycles. The van der Waals surface area contributed by atoms with Crippen molar-refractivity contribution in [1.29, 1.82) is 0 Å². The fourth-order valence-corrected chi connectivity index (χ4v) is 1.90. The van der Waals surface area contributed by atoms with E-state index in [4.69, 9.17) is 9.47 Å². The molecule has 106 valence electrons. The van der Waals surface area contributed by atoms with Crippen LogP contribution in [0.3, 0.4) is 0 Å². The second-order valence-electron chi connectivity index (χ2n) is 3.88. The van der Waals surface area contributed by atoms with Gasteiger partial charge in [-0.15, -0.1) is 0 Å². The molecule has 1 amide bonds. The number of phenols is 1. The largest absolute Gasteiger partial charge is 0.507 e. The van der Waals surface area contributed by atoms with Crippen LogP contribution in [0.4, 0.5) is 0 Å². The summed E-state index contributed by atoms with van der Waals surface area (Å²) in [6.07, 6.45) is 0.722. The third-order valence-electron chi connectivity index (χ3n) is 2.39. The normalized spacial score (nSPS) is 10.4. The first-order valence-electron chi connectivity index (χ1n) is 5.98. The smallest absolute Gasteiger partial charge is 0.255 e. The molecule has 5 nitrogen and oxygen atoms in total. The van der Waals surface area contributed by atoms with E-state index in [9.17, 15) is 9.90 Å². The van der Waals surface area contributed by atoms with Crippen LogP contribution < -0.4 is 5.32 Å². The van der Waals surface area contributed by atoms with Crippen molar-refractivity contribution in [3.63, 3.8) is 0 Å². The Bertz CT molecular complexity index is 412. The molecule has 0 aliphatic heterocycles. The lowest BCUT2D eigenvalue weighted by molar-refractivity contribution is 0.0688. The van der Waals surface area contributed by atoms with Gasteiger partial charge in [-0.3, -0.25) is 4.79 Å². The summed E-state index contributed by atoms with van der Waals surface area (Å²) in [5.41, 5.74) is 0.298. The highest BCUT2D eigenvalue weighted by atomic mass is 127. The van der Waals surface area contributed by atoms with Crippen LogP contribution in [0.25, 0.3) is 0 Å². The molecule has 0 bridgehead atoms. The van der Waals surface area contributed by atoms with Crippen molar-refractivity contribution >= 4 is 28.5 Å². The van der Waals surface area contributed by atoms with Crippen LogP contribution in [0.15, 0.2) is 18.2 Å². The van der Waals surface area contributed by atoms with E-state index in [0.717, 1.165) is 9.99 Å². The molecule has 0 atom stereocenters. The SMILES string of the molecule is COCCOCCCNC(=O)c1cc(I)ccc1O. The van der Waals surface area contributed by atoms with Crippen LogP contribution in [0.1, 0.15) is 16.8 Å². The number of methoxy groups -OCH3 is 1. The minimum Gasteiger partial charge on any atom is -0.507 e. The Morgan fingerprint density at radius 3 is 2.89 bits per heavy atom.